The molecule has 0 radical (unpaired) electrons. The molecule has 0 aromatic rings. The van der Waals surface area contributed by atoms with Crippen molar-refractivity contribution in [2.45, 2.75) is 38.4 Å². The number of amides is 1. The average Bonchev–Trinajstić information content (AvgIpc) is 2.36. The molecule has 0 bridgehead atoms. The zero-order chi connectivity index (χ0) is 13.6. The molecule has 5 nitrogen and oxygen atoms in total. The molecule has 1 aliphatic heterocycles. The minimum atomic E-state index is -3.33. The van der Waals surface area contributed by atoms with Gasteiger partial charge in [0.2, 0.25) is 5.91 Å². The van der Waals surface area contributed by atoms with Gasteiger partial charge < -0.3 is 10.6 Å². The standard InChI is InChI=1S/C12H24N2O3S/c1-3-6-14-12(15)9-18(16,17)10(2)11-4-7-13-8-5-11/h10-11,13H,3-9H2,1-2H3,(H,14,15). The quantitative estimate of drug-likeness (QED) is 0.732. The molecule has 1 rings (SSSR count). The lowest BCUT2D eigenvalue weighted by Crippen LogP contribution is -2.40. The fourth-order valence-electron chi connectivity index (χ4n) is 2.24. The second kappa shape index (κ2) is 7.09. The Morgan fingerprint density at radius 2 is 2.00 bits per heavy atom. The predicted octanol–water partition coefficient (Wildman–Crippen LogP) is 0.316. The summed E-state index contributed by atoms with van der Waals surface area (Å²) in [4.78, 5) is 11.5. The first kappa shape index (κ1) is 15.4. The van der Waals surface area contributed by atoms with Gasteiger partial charge in [0, 0.05) is 6.54 Å². The zero-order valence-corrected chi connectivity index (χ0v) is 12.1. The number of rotatable bonds is 6. The topological polar surface area (TPSA) is 75.3 Å². The number of sulfone groups is 1. The smallest absolute Gasteiger partial charge is 0.235 e. The molecule has 0 saturated carbocycles. The van der Waals surface area contributed by atoms with Gasteiger partial charge >= 0.3 is 0 Å². The molecule has 18 heavy (non-hydrogen) atoms. The van der Waals surface area contributed by atoms with E-state index >= 15 is 0 Å². The van der Waals surface area contributed by atoms with E-state index in [1.165, 1.54) is 0 Å². The molecule has 1 heterocycles. The Hall–Kier alpha value is -0.620. The highest BCUT2D eigenvalue weighted by Gasteiger charge is 2.31. The average molecular weight is 276 g/mol. The molecular weight excluding hydrogens is 252 g/mol. The first-order chi connectivity index (χ1) is 8.47. The molecule has 0 aliphatic carbocycles. The monoisotopic (exact) mass is 276 g/mol. The van der Waals surface area contributed by atoms with Crippen molar-refractivity contribution in [3.8, 4) is 0 Å². The molecule has 1 saturated heterocycles. The van der Waals surface area contributed by atoms with E-state index in [1.54, 1.807) is 6.92 Å². The lowest BCUT2D eigenvalue weighted by Gasteiger charge is -2.27. The van der Waals surface area contributed by atoms with Crippen molar-refractivity contribution in [2.24, 2.45) is 5.92 Å². The van der Waals surface area contributed by atoms with Crippen molar-refractivity contribution in [3.05, 3.63) is 0 Å². The Kier molecular flexibility index (Phi) is 6.08. The molecule has 1 aliphatic rings. The van der Waals surface area contributed by atoms with Crippen LogP contribution in [0.15, 0.2) is 0 Å². The molecular formula is C12H24N2O3S. The molecule has 6 heteroatoms. The Bertz CT molecular complexity index is 362. The van der Waals surface area contributed by atoms with Gasteiger partial charge in [-0.1, -0.05) is 6.92 Å². The lowest BCUT2D eigenvalue weighted by atomic mass is 9.95. The van der Waals surface area contributed by atoms with Gasteiger partial charge in [-0.3, -0.25) is 4.79 Å². The van der Waals surface area contributed by atoms with E-state index in [0.717, 1.165) is 32.4 Å². The Morgan fingerprint density at radius 3 is 2.56 bits per heavy atom. The van der Waals surface area contributed by atoms with Gasteiger partial charge in [0.1, 0.15) is 5.75 Å². The van der Waals surface area contributed by atoms with E-state index < -0.39 is 15.1 Å². The number of hydrogen-bond acceptors (Lipinski definition) is 4. The van der Waals surface area contributed by atoms with E-state index in [2.05, 4.69) is 10.6 Å². The maximum absolute atomic E-state index is 12.1. The van der Waals surface area contributed by atoms with Gasteiger partial charge in [-0.25, -0.2) is 8.42 Å². The van der Waals surface area contributed by atoms with Crippen LogP contribution in [0.2, 0.25) is 0 Å². The van der Waals surface area contributed by atoms with E-state index in [9.17, 15) is 13.2 Å². The van der Waals surface area contributed by atoms with E-state index in [-0.39, 0.29) is 17.6 Å². The van der Waals surface area contributed by atoms with Crippen LogP contribution in [0.4, 0.5) is 0 Å². The fourth-order valence-corrected chi connectivity index (χ4v) is 3.83. The van der Waals surface area contributed by atoms with E-state index in [0.29, 0.717) is 6.54 Å². The summed E-state index contributed by atoms with van der Waals surface area (Å²) in [6.07, 6.45) is 2.56. The molecule has 1 fully saturated rings. The third-order valence-corrected chi connectivity index (χ3v) is 5.70. The number of carbonyl (C=O) groups is 1. The summed E-state index contributed by atoms with van der Waals surface area (Å²) in [6, 6.07) is 0. The molecule has 1 unspecified atom stereocenters. The van der Waals surface area contributed by atoms with Gasteiger partial charge in [-0.2, -0.15) is 0 Å². The maximum Gasteiger partial charge on any atom is 0.235 e. The van der Waals surface area contributed by atoms with E-state index in [4.69, 9.17) is 0 Å². The molecule has 106 valence electrons. The first-order valence-corrected chi connectivity index (χ1v) is 8.38. The number of nitrogens with one attached hydrogen (secondary N) is 2. The third-order valence-electron chi connectivity index (χ3n) is 3.52. The van der Waals surface area contributed by atoms with Crippen molar-refractivity contribution in [2.75, 3.05) is 25.4 Å². The van der Waals surface area contributed by atoms with Crippen molar-refractivity contribution in [1.29, 1.82) is 0 Å². The maximum atomic E-state index is 12.1. The van der Waals surface area contributed by atoms with Crippen LogP contribution in [0.1, 0.15) is 33.1 Å². The second-order valence-corrected chi connectivity index (χ2v) is 7.31. The van der Waals surface area contributed by atoms with Gasteiger partial charge in [0.25, 0.3) is 0 Å². The van der Waals surface area contributed by atoms with Crippen molar-refractivity contribution in [1.82, 2.24) is 10.6 Å². The Morgan fingerprint density at radius 1 is 1.39 bits per heavy atom. The van der Waals surface area contributed by atoms with Crippen LogP contribution in [0.5, 0.6) is 0 Å². The Balaban J connectivity index is 2.53. The minimum Gasteiger partial charge on any atom is -0.355 e. The highest BCUT2D eigenvalue weighted by Crippen LogP contribution is 2.22. The minimum absolute atomic E-state index is 0.176. The zero-order valence-electron chi connectivity index (χ0n) is 11.2. The van der Waals surface area contributed by atoms with Crippen molar-refractivity contribution in [3.63, 3.8) is 0 Å². The number of carbonyl (C=O) groups excluding carboxylic acids is 1. The molecule has 0 spiro atoms. The molecule has 0 aromatic carbocycles. The summed E-state index contributed by atoms with van der Waals surface area (Å²) >= 11 is 0. The molecule has 1 amide bonds. The molecule has 2 N–H and O–H groups in total. The van der Waals surface area contributed by atoms with Crippen LogP contribution in [0.25, 0.3) is 0 Å². The van der Waals surface area contributed by atoms with Crippen LogP contribution in [0, 0.1) is 5.92 Å². The van der Waals surface area contributed by atoms with Crippen LogP contribution < -0.4 is 10.6 Å². The summed E-state index contributed by atoms with van der Waals surface area (Å²) in [5, 5.41) is 5.41. The summed E-state index contributed by atoms with van der Waals surface area (Å²) in [6.45, 7) is 5.94. The molecule has 1 atom stereocenters. The number of piperidine rings is 1. The highest BCUT2D eigenvalue weighted by atomic mass is 32.2. The van der Waals surface area contributed by atoms with Crippen LogP contribution in [-0.2, 0) is 14.6 Å². The fraction of sp³-hybridized carbons (Fsp3) is 0.917. The summed E-state index contributed by atoms with van der Waals surface area (Å²) in [7, 11) is -3.33. The third kappa shape index (κ3) is 4.57. The van der Waals surface area contributed by atoms with Gasteiger partial charge in [0.15, 0.2) is 9.84 Å². The van der Waals surface area contributed by atoms with Crippen molar-refractivity contribution < 1.29 is 13.2 Å². The largest absolute Gasteiger partial charge is 0.355 e. The van der Waals surface area contributed by atoms with Crippen LogP contribution in [0.3, 0.4) is 0 Å². The van der Waals surface area contributed by atoms with Gasteiger partial charge in [0.05, 0.1) is 5.25 Å². The normalized spacial score (nSPS) is 19.4. The van der Waals surface area contributed by atoms with E-state index in [1.807, 2.05) is 6.92 Å². The second-order valence-electron chi connectivity index (χ2n) is 4.95. The predicted molar refractivity (Wildman–Crippen MR) is 72.1 cm³/mol. The van der Waals surface area contributed by atoms with Crippen molar-refractivity contribution >= 4 is 15.7 Å². The SMILES string of the molecule is CCCNC(=O)CS(=O)(=O)C(C)C1CCNCC1. The summed E-state index contributed by atoms with van der Waals surface area (Å²) in [5.41, 5.74) is 0. The van der Waals surface area contributed by atoms with Gasteiger partial charge in [-0.05, 0) is 45.2 Å². The summed E-state index contributed by atoms with van der Waals surface area (Å²) < 4.78 is 24.2. The first-order valence-electron chi connectivity index (χ1n) is 6.66. The van der Waals surface area contributed by atoms with Crippen LogP contribution in [-0.4, -0.2) is 45.0 Å². The summed E-state index contributed by atoms with van der Waals surface area (Å²) in [5.74, 6) is -0.578. The molecule has 0 aromatic heterocycles. The highest BCUT2D eigenvalue weighted by molar-refractivity contribution is 7.92. The van der Waals surface area contributed by atoms with Gasteiger partial charge in [-0.15, -0.1) is 0 Å². The number of hydrogen-bond donors (Lipinski definition) is 2. The lowest BCUT2D eigenvalue weighted by molar-refractivity contribution is -0.118. The Labute approximate surface area is 110 Å². The van der Waals surface area contributed by atoms with Crippen LogP contribution >= 0.6 is 0 Å².